The third kappa shape index (κ3) is 3.05. The van der Waals surface area contributed by atoms with Crippen LogP contribution in [0.2, 0.25) is 0 Å². The van der Waals surface area contributed by atoms with E-state index in [0.29, 0.717) is 13.2 Å². The van der Waals surface area contributed by atoms with Crippen LogP contribution >= 0.6 is 0 Å². The van der Waals surface area contributed by atoms with Crippen LogP contribution in [0.4, 0.5) is 14.9 Å². The average Bonchev–Trinajstić information content (AvgIpc) is 2.93. The fourth-order valence-electron chi connectivity index (χ4n) is 1.97. The summed E-state index contributed by atoms with van der Waals surface area (Å²) in [4.78, 5) is 24.3. The number of halogens is 1. The van der Waals surface area contributed by atoms with Crippen molar-refractivity contribution in [2.24, 2.45) is 0 Å². The normalized spacial score (nSPS) is 17.8. The predicted octanol–water partition coefficient (Wildman–Crippen LogP) is 1.78. The van der Waals surface area contributed by atoms with Crippen LogP contribution < -0.4 is 5.32 Å². The summed E-state index contributed by atoms with van der Waals surface area (Å²) in [6, 6.07) is 3.03. The van der Waals surface area contributed by atoms with Gasteiger partial charge in [-0.15, -0.1) is 0 Å². The van der Waals surface area contributed by atoms with Crippen LogP contribution in [0, 0.1) is 5.82 Å². The lowest BCUT2D eigenvalue weighted by Gasteiger charge is -2.23. The number of ether oxygens (including phenoxy) is 1. The van der Waals surface area contributed by atoms with Crippen LogP contribution in [0.5, 0.6) is 0 Å². The third-order valence-electron chi connectivity index (χ3n) is 3.22. The average molecular weight is 282 g/mol. The number of nitrogens with zero attached hydrogens (tertiary/aromatic N) is 1. The van der Waals surface area contributed by atoms with Gasteiger partial charge in [-0.3, -0.25) is 0 Å². The Morgan fingerprint density at radius 1 is 1.50 bits per heavy atom. The molecular formula is C13H15FN2O4. The smallest absolute Gasteiger partial charge is 0.338 e. The van der Waals surface area contributed by atoms with Crippen molar-refractivity contribution < 1.29 is 23.8 Å². The first-order valence-corrected chi connectivity index (χ1v) is 6.13. The van der Waals surface area contributed by atoms with Gasteiger partial charge in [-0.05, 0) is 24.6 Å². The van der Waals surface area contributed by atoms with Gasteiger partial charge in [0.25, 0.3) is 0 Å². The second-order valence-electron chi connectivity index (χ2n) is 4.56. The number of carboxylic acid groups (broad SMARTS) is 1. The third-order valence-corrected chi connectivity index (χ3v) is 3.22. The molecular weight excluding hydrogens is 267 g/mol. The summed E-state index contributed by atoms with van der Waals surface area (Å²) in [6.07, 6.45) is 0.758. The summed E-state index contributed by atoms with van der Waals surface area (Å²) < 4.78 is 18.4. The summed E-state index contributed by atoms with van der Waals surface area (Å²) in [5, 5.41) is 11.4. The van der Waals surface area contributed by atoms with Gasteiger partial charge >= 0.3 is 12.0 Å². The molecule has 6 nitrogen and oxygen atoms in total. The van der Waals surface area contributed by atoms with E-state index in [4.69, 9.17) is 9.84 Å². The summed E-state index contributed by atoms with van der Waals surface area (Å²) in [7, 11) is 1.64. The van der Waals surface area contributed by atoms with Crippen molar-refractivity contribution in [3.63, 3.8) is 0 Å². The minimum Gasteiger partial charge on any atom is -0.478 e. The Morgan fingerprint density at radius 2 is 2.25 bits per heavy atom. The molecule has 7 heteroatoms. The molecule has 0 radical (unpaired) electrons. The molecule has 1 aliphatic rings. The topological polar surface area (TPSA) is 78.9 Å². The van der Waals surface area contributed by atoms with Crippen LogP contribution in [0.25, 0.3) is 0 Å². The monoisotopic (exact) mass is 282 g/mol. The van der Waals surface area contributed by atoms with E-state index < -0.39 is 17.3 Å². The van der Waals surface area contributed by atoms with Crippen LogP contribution in [-0.2, 0) is 4.74 Å². The van der Waals surface area contributed by atoms with Crippen molar-refractivity contribution in [2.75, 3.05) is 25.6 Å². The number of likely N-dealkylation sites (N-methyl/N-ethyl adjacent to an activating group) is 1. The predicted molar refractivity (Wildman–Crippen MR) is 69.4 cm³/mol. The minimum absolute atomic E-state index is 0.00519. The molecule has 1 saturated heterocycles. The molecule has 20 heavy (non-hydrogen) atoms. The summed E-state index contributed by atoms with van der Waals surface area (Å²) in [5.41, 5.74) is -0.241. The van der Waals surface area contributed by atoms with Crippen molar-refractivity contribution in [1.29, 1.82) is 0 Å². The molecule has 0 aliphatic carbocycles. The maximum Gasteiger partial charge on any atom is 0.338 e. The highest BCUT2D eigenvalue weighted by Crippen LogP contribution is 2.17. The van der Waals surface area contributed by atoms with Gasteiger partial charge in [0.05, 0.1) is 18.2 Å². The van der Waals surface area contributed by atoms with E-state index in [1.54, 1.807) is 7.05 Å². The molecule has 1 heterocycles. The molecule has 1 atom stereocenters. The van der Waals surface area contributed by atoms with E-state index in [1.165, 1.54) is 11.0 Å². The lowest BCUT2D eigenvalue weighted by Crippen LogP contribution is -2.40. The first kappa shape index (κ1) is 14.3. The Labute approximate surface area is 115 Å². The Balaban J connectivity index is 2.07. The molecule has 2 N–H and O–H groups in total. The van der Waals surface area contributed by atoms with Gasteiger partial charge in [0.15, 0.2) is 0 Å². The van der Waals surface area contributed by atoms with Crippen LogP contribution in [-0.4, -0.2) is 48.3 Å². The maximum absolute atomic E-state index is 13.2. The molecule has 0 spiro atoms. The Bertz CT molecular complexity index is 529. The molecule has 0 saturated carbocycles. The van der Waals surface area contributed by atoms with Crippen molar-refractivity contribution in [1.82, 2.24) is 4.90 Å². The molecule has 1 unspecified atom stereocenters. The molecule has 1 aliphatic heterocycles. The Kier molecular flexibility index (Phi) is 4.19. The highest BCUT2D eigenvalue weighted by atomic mass is 19.1. The van der Waals surface area contributed by atoms with E-state index in [9.17, 15) is 14.0 Å². The van der Waals surface area contributed by atoms with Crippen molar-refractivity contribution in [2.45, 2.75) is 12.5 Å². The number of hydrogen-bond donors (Lipinski definition) is 2. The van der Waals surface area contributed by atoms with Crippen molar-refractivity contribution in [3.8, 4) is 0 Å². The van der Waals surface area contributed by atoms with Gasteiger partial charge in [0, 0.05) is 19.3 Å². The first-order chi connectivity index (χ1) is 9.49. The number of benzene rings is 1. The molecule has 0 aromatic heterocycles. The number of amides is 2. The fraction of sp³-hybridized carbons (Fsp3) is 0.385. The number of urea groups is 1. The lowest BCUT2D eigenvalue weighted by atomic mass is 10.2. The Morgan fingerprint density at radius 3 is 2.85 bits per heavy atom. The van der Waals surface area contributed by atoms with Crippen molar-refractivity contribution in [3.05, 3.63) is 29.6 Å². The SMILES string of the molecule is CN(C(=O)Nc1ccc(F)c(C(=O)O)c1)C1CCOC1. The quantitative estimate of drug-likeness (QED) is 0.885. The van der Waals surface area contributed by atoms with Crippen LogP contribution in [0.15, 0.2) is 18.2 Å². The van der Waals surface area contributed by atoms with Crippen LogP contribution in [0.1, 0.15) is 16.8 Å². The molecule has 1 aromatic carbocycles. The van der Waals surface area contributed by atoms with Crippen LogP contribution in [0.3, 0.4) is 0 Å². The first-order valence-electron chi connectivity index (χ1n) is 6.13. The standard InChI is InChI=1S/C13H15FN2O4/c1-16(9-4-5-20-7-9)13(19)15-8-2-3-11(14)10(6-8)12(17)18/h2-3,6,9H,4-5,7H2,1H3,(H,15,19)(H,17,18). The molecule has 1 fully saturated rings. The number of rotatable bonds is 3. The van der Waals surface area contributed by atoms with Gasteiger partial charge < -0.3 is 20.1 Å². The molecule has 2 amide bonds. The summed E-state index contributed by atoms with van der Waals surface area (Å²) in [5.74, 6) is -2.22. The molecule has 1 aromatic rings. The number of hydrogen-bond acceptors (Lipinski definition) is 3. The zero-order valence-corrected chi connectivity index (χ0v) is 10.9. The van der Waals surface area contributed by atoms with E-state index in [2.05, 4.69) is 5.32 Å². The number of anilines is 1. The largest absolute Gasteiger partial charge is 0.478 e. The summed E-state index contributed by atoms with van der Waals surface area (Å²) >= 11 is 0. The number of carboxylic acids is 1. The molecule has 2 rings (SSSR count). The second-order valence-corrected chi connectivity index (χ2v) is 4.56. The molecule has 108 valence electrons. The lowest BCUT2D eigenvalue weighted by molar-refractivity contribution is 0.0692. The number of aromatic carboxylic acids is 1. The molecule has 0 bridgehead atoms. The second kappa shape index (κ2) is 5.87. The number of carbonyl (C=O) groups excluding carboxylic acids is 1. The number of nitrogens with one attached hydrogen (secondary N) is 1. The van der Waals surface area contributed by atoms with Gasteiger partial charge in [-0.2, -0.15) is 0 Å². The fourth-order valence-corrected chi connectivity index (χ4v) is 1.97. The van der Waals surface area contributed by atoms with E-state index in [1.807, 2.05) is 0 Å². The van der Waals surface area contributed by atoms with E-state index >= 15 is 0 Å². The van der Waals surface area contributed by atoms with Gasteiger partial charge in [-0.25, -0.2) is 14.0 Å². The number of carbonyl (C=O) groups is 2. The zero-order chi connectivity index (χ0) is 14.7. The minimum atomic E-state index is -1.38. The summed E-state index contributed by atoms with van der Waals surface area (Å²) in [6.45, 7) is 1.09. The van der Waals surface area contributed by atoms with Gasteiger partial charge in [-0.1, -0.05) is 0 Å². The highest BCUT2D eigenvalue weighted by Gasteiger charge is 2.24. The van der Waals surface area contributed by atoms with Crippen molar-refractivity contribution >= 4 is 17.7 Å². The Hall–Kier alpha value is -2.15. The van der Waals surface area contributed by atoms with Gasteiger partial charge in [0.1, 0.15) is 5.82 Å². The maximum atomic E-state index is 13.2. The van der Waals surface area contributed by atoms with E-state index in [-0.39, 0.29) is 17.8 Å². The van der Waals surface area contributed by atoms with E-state index in [0.717, 1.165) is 18.6 Å². The zero-order valence-electron chi connectivity index (χ0n) is 10.9. The van der Waals surface area contributed by atoms with Gasteiger partial charge in [0.2, 0.25) is 0 Å². The highest BCUT2D eigenvalue weighted by molar-refractivity contribution is 5.93.